The highest BCUT2D eigenvalue weighted by Crippen LogP contribution is 2.29. The predicted octanol–water partition coefficient (Wildman–Crippen LogP) is 3.75. The maximum absolute atomic E-state index is 12.7. The number of thiophene rings is 1. The zero-order chi connectivity index (χ0) is 16.5. The number of fused-ring (bicyclic) bond motifs is 1. The molecule has 0 aliphatic heterocycles. The number of hydrogen-bond donors (Lipinski definition) is 0. The summed E-state index contributed by atoms with van der Waals surface area (Å²) in [6.07, 6.45) is -3.11. The van der Waals surface area contributed by atoms with Gasteiger partial charge >= 0.3 is 6.18 Å². The highest BCUT2D eigenvalue weighted by molar-refractivity contribution is 7.20. The van der Waals surface area contributed by atoms with Crippen molar-refractivity contribution in [2.75, 3.05) is 13.1 Å². The van der Waals surface area contributed by atoms with Crippen molar-refractivity contribution in [2.45, 2.75) is 32.9 Å². The number of amides is 1. The fourth-order valence-electron chi connectivity index (χ4n) is 2.28. The summed E-state index contributed by atoms with van der Waals surface area (Å²) in [6.45, 7) is 2.59. The number of aryl methyl sites for hydroxylation is 2. The molecule has 2 aromatic heterocycles. The van der Waals surface area contributed by atoms with Gasteiger partial charge in [-0.25, -0.2) is 0 Å². The van der Waals surface area contributed by atoms with E-state index in [4.69, 9.17) is 0 Å². The van der Waals surface area contributed by atoms with Gasteiger partial charge in [0.1, 0.15) is 11.4 Å². The van der Waals surface area contributed by atoms with Gasteiger partial charge in [-0.15, -0.1) is 11.3 Å². The number of hydrogen-bond acceptors (Lipinski definition) is 3. The van der Waals surface area contributed by atoms with Gasteiger partial charge < -0.3 is 4.90 Å². The fraction of sp³-hybridized carbons (Fsp3) is 0.571. The molecule has 4 nitrogen and oxygen atoms in total. The van der Waals surface area contributed by atoms with Crippen LogP contribution in [0.15, 0.2) is 6.07 Å². The molecular weight excluding hydrogens is 315 g/mol. The monoisotopic (exact) mass is 333 g/mol. The first-order chi connectivity index (χ1) is 10.2. The van der Waals surface area contributed by atoms with E-state index in [1.54, 1.807) is 17.8 Å². The second-order valence-electron chi connectivity index (χ2n) is 5.23. The summed E-state index contributed by atoms with van der Waals surface area (Å²) in [5.41, 5.74) is 0.767. The van der Waals surface area contributed by atoms with E-state index < -0.39 is 18.6 Å². The highest BCUT2D eigenvalue weighted by Gasteiger charge is 2.33. The minimum atomic E-state index is -4.39. The number of alkyl halides is 3. The first kappa shape index (κ1) is 16.8. The van der Waals surface area contributed by atoms with Crippen LogP contribution < -0.4 is 0 Å². The Morgan fingerprint density at radius 1 is 1.45 bits per heavy atom. The number of unbranched alkanes of at least 4 members (excludes halogenated alkanes) is 1. The minimum absolute atomic E-state index is 0.111. The fourth-order valence-corrected chi connectivity index (χ4v) is 3.38. The van der Waals surface area contributed by atoms with Crippen LogP contribution in [-0.2, 0) is 7.05 Å². The summed E-state index contributed by atoms with van der Waals surface area (Å²) < 4.78 is 39.7. The second kappa shape index (κ2) is 6.28. The number of aromatic nitrogens is 2. The molecule has 1 amide bonds. The van der Waals surface area contributed by atoms with Crippen molar-refractivity contribution in [3.63, 3.8) is 0 Å². The third kappa shape index (κ3) is 3.60. The third-order valence-corrected chi connectivity index (χ3v) is 4.54. The third-order valence-electron chi connectivity index (χ3n) is 3.35. The number of halogens is 3. The van der Waals surface area contributed by atoms with Gasteiger partial charge in [-0.05, 0) is 19.4 Å². The average Bonchev–Trinajstić information content (AvgIpc) is 2.95. The van der Waals surface area contributed by atoms with Crippen molar-refractivity contribution in [3.8, 4) is 0 Å². The standard InChI is InChI=1S/C14H18F3N3OS/c1-4-5-6-20(8-14(15,16)17)12(21)11-7-10-9(2)18-19(3)13(10)22-11/h7H,4-6,8H2,1-3H3. The van der Waals surface area contributed by atoms with Crippen LogP contribution in [0, 0.1) is 6.92 Å². The molecule has 0 unspecified atom stereocenters. The predicted molar refractivity (Wildman–Crippen MR) is 80.2 cm³/mol. The Labute approximate surface area is 130 Å². The SMILES string of the molecule is CCCCN(CC(F)(F)F)C(=O)c1cc2c(C)nn(C)c2s1. The Kier molecular flexibility index (Phi) is 4.79. The Morgan fingerprint density at radius 2 is 2.14 bits per heavy atom. The zero-order valence-electron chi connectivity index (χ0n) is 12.7. The first-order valence-corrected chi connectivity index (χ1v) is 7.83. The largest absolute Gasteiger partial charge is 0.406 e. The van der Waals surface area contributed by atoms with Crippen LogP contribution in [0.25, 0.3) is 10.2 Å². The number of nitrogens with zero attached hydrogens (tertiary/aromatic N) is 3. The molecule has 0 saturated heterocycles. The van der Waals surface area contributed by atoms with E-state index in [0.29, 0.717) is 11.3 Å². The van der Waals surface area contributed by atoms with E-state index in [2.05, 4.69) is 5.10 Å². The van der Waals surface area contributed by atoms with Crippen LogP contribution in [-0.4, -0.2) is 39.9 Å². The second-order valence-corrected chi connectivity index (χ2v) is 6.26. The highest BCUT2D eigenvalue weighted by atomic mass is 32.1. The quantitative estimate of drug-likeness (QED) is 0.836. The summed E-state index contributed by atoms with van der Waals surface area (Å²) in [7, 11) is 1.75. The smallest absolute Gasteiger partial charge is 0.329 e. The lowest BCUT2D eigenvalue weighted by molar-refractivity contribution is -0.140. The number of carbonyl (C=O) groups is 1. The molecule has 0 aliphatic rings. The summed E-state index contributed by atoms with van der Waals surface area (Å²) in [6, 6.07) is 1.64. The van der Waals surface area contributed by atoms with Crippen LogP contribution in [0.2, 0.25) is 0 Å². The van der Waals surface area contributed by atoms with Crippen LogP contribution in [0.4, 0.5) is 13.2 Å². The molecule has 0 aromatic carbocycles. The van der Waals surface area contributed by atoms with Gasteiger partial charge in [0.15, 0.2) is 0 Å². The van der Waals surface area contributed by atoms with Crippen molar-refractivity contribution in [1.82, 2.24) is 14.7 Å². The lowest BCUT2D eigenvalue weighted by Crippen LogP contribution is -2.39. The molecule has 0 spiro atoms. The van der Waals surface area contributed by atoms with Gasteiger partial charge in [0, 0.05) is 19.0 Å². The van der Waals surface area contributed by atoms with Crippen LogP contribution >= 0.6 is 11.3 Å². The van der Waals surface area contributed by atoms with E-state index in [1.165, 1.54) is 11.3 Å². The zero-order valence-corrected chi connectivity index (χ0v) is 13.5. The lowest BCUT2D eigenvalue weighted by Gasteiger charge is -2.23. The summed E-state index contributed by atoms with van der Waals surface area (Å²) in [5, 5.41) is 5.04. The molecule has 2 aromatic rings. The van der Waals surface area contributed by atoms with E-state index in [-0.39, 0.29) is 6.54 Å². The molecular formula is C14H18F3N3OS. The van der Waals surface area contributed by atoms with Gasteiger partial charge in [-0.1, -0.05) is 13.3 Å². The maximum Gasteiger partial charge on any atom is 0.406 e. The van der Waals surface area contributed by atoms with Crippen molar-refractivity contribution in [1.29, 1.82) is 0 Å². The van der Waals surface area contributed by atoms with Crippen molar-refractivity contribution < 1.29 is 18.0 Å². The number of rotatable bonds is 5. The van der Waals surface area contributed by atoms with Gasteiger partial charge in [-0.2, -0.15) is 18.3 Å². The van der Waals surface area contributed by atoms with Gasteiger partial charge in [0.05, 0.1) is 10.6 Å². The Hall–Kier alpha value is -1.57. The average molecular weight is 333 g/mol. The minimum Gasteiger partial charge on any atom is -0.329 e. The molecule has 0 bridgehead atoms. The molecule has 0 fully saturated rings. The van der Waals surface area contributed by atoms with E-state index in [0.717, 1.165) is 27.2 Å². The van der Waals surface area contributed by atoms with Gasteiger partial charge in [-0.3, -0.25) is 9.48 Å². The lowest BCUT2D eigenvalue weighted by atomic mass is 10.2. The van der Waals surface area contributed by atoms with Crippen LogP contribution in [0.5, 0.6) is 0 Å². The topological polar surface area (TPSA) is 38.1 Å². The molecule has 122 valence electrons. The first-order valence-electron chi connectivity index (χ1n) is 7.02. The summed E-state index contributed by atoms with van der Waals surface area (Å²) in [4.78, 5) is 14.4. The van der Waals surface area contributed by atoms with E-state index in [1.807, 2.05) is 13.8 Å². The van der Waals surface area contributed by atoms with E-state index >= 15 is 0 Å². The molecule has 2 heterocycles. The van der Waals surface area contributed by atoms with Gasteiger partial charge in [0.2, 0.25) is 0 Å². The summed E-state index contributed by atoms with van der Waals surface area (Å²) >= 11 is 1.18. The van der Waals surface area contributed by atoms with Crippen molar-refractivity contribution in [3.05, 3.63) is 16.6 Å². The summed E-state index contributed by atoms with van der Waals surface area (Å²) in [5.74, 6) is -0.564. The molecule has 0 aliphatic carbocycles. The molecule has 2 rings (SSSR count). The Balaban J connectivity index is 2.29. The molecule has 0 atom stereocenters. The van der Waals surface area contributed by atoms with Crippen molar-refractivity contribution >= 4 is 27.5 Å². The van der Waals surface area contributed by atoms with Crippen LogP contribution in [0.3, 0.4) is 0 Å². The Morgan fingerprint density at radius 3 is 2.68 bits per heavy atom. The molecule has 0 N–H and O–H groups in total. The number of carbonyl (C=O) groups excluding carboxylic acids is 1. The maximum atomic E-state index is 12.7. The van der Waals surface area contributed by atoms with Gasteiger partial charge in [0.25, 0.3) is 5.91 Å². The normalized spacial score (nSPS) is 12.1. The molecule has 0 saturated carbocycles. The van der Waals surface area contributed by atoms with E-state index in [9.17, 15) is 18.0 Å². The Bertz CT molecular complexity index is 640. The van der Waals surface area contributed by atoms with Crippen molar-refractivity contribution in [2.24, 2.45) is 7.05 Å². The molecule has 0 radical (unpaired) electrons. The molecule has 8 heteroatoms. The molecule has 22 heavy (non-hydrogen) atoms. The van der Waals surface area contributed by atoms with Crippen LogP contribution in [0.1, 0.15) is 35.1 Å².